The van der Waals surface area contributed by atoms with E-state index in [1.807, 2.05) is 4.90 Å². The molecule has 2 rings (SSSR count). The van der Waals surface area contributed by atoms with Crippen molar-refractivity contribution in [3.63, 3.8) is 0 Å². The van der Waals surface area contributed by atoms with Gasteiger partial charge in [-0.05, 0) is 38.1 Å². The summed E-state index contributed by atoms with van der Waals surface area (Å²) in [7, 11) is 0. The summed E-state index contributed by atoms with van der Waals surface area (Å²) >= 11 is 0. The lowest BCUT2D eigenvalue weighted by Crippen LogP contribution is -2.50. The maximum atomic E-state index is 12.4. The molecule has 0 radical (unpaired) electrons. The van der Waals surface area contributed by atoms with Crippen LogP contribution in [0.4, 0.5) is 0 Å². The summed E-state index contributed by atoms with van der Waals surface area (Å²) in [6.07, 6.45) is 9.58. The molecule has 1 saturated heterocycles. The second-order valence-electron chi connectivity index (χ2n) is 5.76. The standard InChI is InChI=1S/C15H25N3O/c1-2-7-17-8-10-18(11-9-17)15(19)14-5-3-13(12-16)4-6-14/h1,13-14H,3-12,16H2. The van der Waals surface area contributed by atoms with E-state index in [2.05, 4.69) is 10.8 Å². The zero-order valence-electron chi connectivity index (χ0n) is 11.7. The summed E-state index contributed by atoms with van der Waals surface area (Å²) in [5, 5.41) is 0. The lowest BCUT2D eigenvalue weighted by atomic mass is 9.81. The Morgan fingerprint density at radius 3 is 2.32 bits per heavy atom. The predicted molar refractivity (Wildman–Crippen MR) is 76.4 cm³/mol. The molecule has 4 nitrogen and oxygen atoms in total. The number of nitrogens with zero attached hydrogens (tertiary/aromatic N) is 2. The van der Waals surface area contributed by atoms with Crippen LogP contribution in [0.1, 0.15) is 25.7 Å². The van der Waals surface area contributed by atoms with Gasteiger partial charge < -0.3 is 10.6 Å². The van der Waals surface area contributed by atoms with Gasteiger partial charge in [0.25, 0.3) is 0 Å². The Balaban J connectivity index is 1.77. The normalized spacial score (nSPS) is 28.9. The third-order valence-electron chi connectivity index (χ3n) is 4.53. The number of carbonyl (C=O) groups is 1. The van der Waals surface area contributed by atoms with E-state index < -0.39 is 0 Å². The average molecular weight is 263 g/mol. The van der Waals surface area contributed by atoms with Crippen LogP contribution in [-0.4, -0.2) is 55.0 Å². The molecule has 0 bridgehead atoms. The molecule has 19 heavy (non-hydrogen) atoms. The first-order valence-corrected chi connectivity index (χ1v) is 7.39. The van der Waals surface area contributed by atoms with Gasteiger partial charge in [0.1, 0.15) is 0 Å². The highest BCUT2D eigenvalue weighted by atomic mass is 16.2. The fourth-order valence-electron chi connectivity index (χ4n) is 3.16. The van der Waals surface area contributed by atoms with Crippen molar-refractivity contribution in [2.75, 3.05) is 39.3 Å². The van der Waals surface area contributed by atoms with E-state index in [9.17, 15) is 4.79 Å². The van der Waals surface area contributed by atoms with Crippen molar-refractivity contribution in [2.45, 2.75) is 25.7 Å². The molecule has 1 saturated carbocycles. The van der Waals surface area contributed by atoms with Crippen molar-refractivity contribution in [2.24, 2.45) is 17.6 Å². The fraction of sp³-hybridized carbons (Fsp3) is 0.800. The zero-order valence-corrected chi connectivity index (χ0v) is 11.7. The Morgan fingerprint density at radius 1 is 1.16 bits per heavy atom. The van der Waals surface area contributed by atoms with Gasteiger partial charge >= 0.3 is 0 Å². The molecule has 0 unspecified atom stereocenters. The van der Waals surface area contributed by atoms with E-state index in [-0.39, 0.29) is 5.92 Å². The second-order valence-corrected chi connectivity index (χ2v) is 5.76. The topological polar surface area (TPSA) is 49.6 Å². The predicted octanol–water partition coefficient (Wildman–Crippen LogP) is 0.529. The minimum Gasteiger partial charge on any atom is -0.340 e. The molecule has 1 amide bonds. The van der Waals surface area contributed by atoms with Crippen LogP contribution >= 0.6 is 0 Å². The first kappa shape index (κ1) is 14.4. The quantitative estimate of drug-likeness (QED) is 0.756. The molecule has 2 fully saturated rings. The molecule has 0 spiro atoms. The molecule has 106 valence electrons. The van der Waals surface area contributed by atoms with Gasteiger partial charge in [0.05, 0.1) is 6.54 Å². The summed E-state index contributed by atoms with van der Waals surface area (Å²) in [6, 6.07) is 0. The van der Waals surface area contributed by atoms with Crippen molar-refractivity contribution >= 4 is 5.91 Å². The van der Waals surface area contributed by atoms with E-state index in [0.29, 0.717) is 18.4 Å². The summed E-state index contributed by atoms with van der Waals surface area (Å²) in [6.45, 7) is 4.95. The number of rotatable bonds is 3. The van der Waals surface area contributed by atoms with E-state index >= 15 is 0 Å². The number of terminal acetylenes is 1. The first-order chi connectivity index (χ1) is 9.24. The van der Waals surface area contributed by atoms with Gasteiger partial charge in [-0.1, -0.05) is 5.92 Å². The fourth-order valence-corrected chi connectivity index (χ4v) is 3.16. The Labute approximate surface area is 116 Å². The van der Waals surface area contributed by atoms with Crippen LogP contribution in [0.25, 0.3) is 0 Å². The molecule has 1 aliphatic carbocycles. The van der Waals surface area contributed by atoms with Crippen LogP contribution in [0.3, 0.4) is 0 Å². The maximum absolute atomic E-state index is 12.4. The molecule has 4 heteroatoms. The number of hydrogen-bond donors (Lipinski definition) is 1. The van der Waals surface area contributed by atoms with Crippen LogP contribution in [0.5, 0.6) is 0 Å². The van der Waals surface area contributed by atoms with Crippen molar-refractivity contribution < 1.29 is 4.79 Å². The van der Waals surface area contributed by atoms with Crippen LogP contribution in [-0.2, 0) is 4.79 Å². The molecule has 0 aromatic rings. The molecule has 2 N–H and O–H groups in total. The van der Waals surface area contributed by atoms with Gasteiger partial charge in [0, 0.05) is 32.1 Å². The average Bonchev–Trinajstić information content (AvgIpc) is 2.48. The number of carbonyl (C=O) groups excluding carboxylic acids is 1. The molecule has 1 aliphatic heterocycles. The van der Waals surface area contributed by atoms with Gasteiger partial charge in [-0.15, -0.1) is 6.42 Å². The van der Waals surface area contributed by atoms with Crippen LogP contribution in [0, 0.1) is 24.2 Å². The number of nitrogens with two attached hydrogens (primary N) is 1. The molecular weight excluding hydrogens is 238 g/mol. The molecule has 2 aliphatic rings. The van der Waals surface area contributed by atoms with Crippen LogP contribution in [0.2, 0.25) is 0 Å². The van der Waals surface area contributed by atoms with Crippen LogP contribution < -0.4 is 5.73 Å². The zero-order chi connectivity index (χ0) is 13.7. The molecule has 0 aromatic carbocycles. The Bertz CT molecular complexity index is 334. The van der Waals surface area contributed by atoms with Gasteiger partial charge in [0.15, 0.2) is 0 Å². The number of piperazine rings is 1. The van der Waals surface area contributed by atoms with Crippen molar-refractivity contribution in [1.29, 1.82) is 0 Å². The SMILES string of the molecule is C#CCN1CCN(C(=O)C2CCC(CN)CC2)CC1. The largest absolute Gasteiger partial charge is 0.340 e. The summed E-state index contributed by atoms with van der Waals surface area (Å²) in [5.74, 6) is 3.90. The Morgan fingerprint density at radius 2 is 1.79 bits per heavy atom. The Kier molecular flexibility index (Phi) is 5.24. The summed E-state index contributed by atoms with van der Waals surface area (Å²) in [5.41, 5.74) is 5.69. The van der Waals surface area contributed by atoms with E-state index in [1.54, 1.807) is 0 Å². The summed E-state index contributed by atoms with van der Waals surface area (Å²) < 4.78 is 0. The monoisotopic (exact) mass is 263 g/mol. The van der Waals surface area contributed by atoms with Gasteiger partial charge in [-0.3, -0.25) is 9.69 Å². The minimum atomic E-state index is 0.238. The lowest BCUT2D eigenvalue weighted by molar-refractivity contribution is -0.138. The van der Waals surface area contributed by atoms with E-state index in [0.717, 1.165) is 58.4 Å². The second kappa shape index (κ2) is 6.93. The van der Waals surface area contributed by atoms with Gasteiger partial charge in [0.2, 0.25) is 5.91 Å². The first-order valence-electron chi connectivity index (χ1n) is 7.39. The van der Waals surface area contributed by atoms with E-state index in [4.69, 9.17) is 12.2 Å². The highest BCUT2D eigenvalue weighted by molar-refractivity contribution is 5.79. The lowest BCUT2D eigenvalue weighted by Gasteiger charge is -2.37. The molecular formula is C15H25N3O. The molecule has 1 heterocycles. The highest BCUT2D eigenvalue weighted by Gasteiger charge is 2.30. The summed E-state index contributed by atoms with van der Waals surface area (Å²) in [4.78, 5) is 16.7. The number of hydrogen-bond acceptors (Lipinski definition) is 3. The van der Waals surface area contributed by atoms with Crippen molar-refractivity contribution in [3.8, 4) is 12.3 Å². The van der Waals surface area contributed by atoms with Crippen molar-refractivity contribution in [3.05, 3.63) is 0 Å². The molecule has 0 atom stereocenters. The van der Waals surface area contributed by atoms with Gasteiger partial charge in [-0.25, -0.2) is 0 Å². The third-order valence-corrected chi connectivity index (χ3v) is 4.53. The van der Waals surface area contributed by atoms with E-state index in [1.165, 1.54) is 0 Å². The molecule has 0 aromatic heterocycles. The third kappa shape index (κ3) is 3.71. The van der Waals surface area contributed by atoms with Gasteiger partial charge in [-0.2, -0.15) is 0 Å². The highest BCUT2D eigenvalue weighted by Crippen LogP contribution is 2.29. The minimum absolute atomic E-state index is 0.238. The Hall–Kier alpha value is -1.05. The number of amides is 1. The maximum Gasteiger partial charge on any atom is 0.225 e. The van der Waals surface area contributed by atoms with Crippen LogP contribution in [0.15, 0.2) is 0 Å². The van der Waals surface area contributed by atoms with Crippen molar-refractivity contribution in [1.82, 2.24) is 9.80 Å². The smallest absolute Gasteiger partial charge is 0.225 e.